The second-order valence-corrected chi connectivity index (χ2v) is 9.99. The Morgan fingerprint density at radius 3 is 2.54 bits per heavy atom. The minimum absolute atomic E-state index is 0.0424. The average molecular weight is 525 g/mol. The van der Waals surface area contributed by atoms with Gasteiger partial charge in [-0.15, -0.1) is 0 Å². The standard InChI is InChI=1S/C26H26ClFN6O3/c1-4-33-15(2)31-20-11-29-23-18(22(20)33)9-19(24(36)30-10-16-5-7-17(27)8-6-16)25(37)34(23)12-21(35)32-13-26(3,28)14-32/h5-9,11H,4,10,12-14H2,1-3H3,(H,30,36). The lowest BCUT2D eigenvalue weighted by Gasteiger charge is -2.42. The van der Waals surface area contributed by atoms with Gasteiger partial charge in [0.2, 0.25) is 5.91 Å². The SMILES string of the molecule is CCn1c(C)nc2cnc3c(cc(C(=O)NCc4ccc(Cl)cc4)c(=O)n3CC(=O)N3CC(C)(F)C3)c21. The van der Waals surface area contributed by atoms with E-state index in [2.05, 4.69) is 15.3 Å². The first-order valence-corrected chi connectivity index (χ1v) is 12.3. The van der Waals surface area contributed by atoms with Crippen LogP contribution in [0.5, 0.6) is 0 Å². The van der Waals surface area contributed by atoms with Crippen molar-refractivity contribution in [3.05, 3.63) is 68.9 Å². The Bertz CT molecular complexity index is 1600. The van der Waals surface area contributed by atoms with Gasteiger partial charge in [-0.25, -0.2) is 14.4 Å². The van der Waals surface area contributed by atoms with Crippen LogP contribution < -0.4 is 10.9 Å². The molecule has 192 valence electrons. The zero-order valence-electron chi connectivity index (χ0n) is 20.7. The minimum atomic E-state index is -1.44. The van der Waals surface area contributed by atoms with E-state index in [0.29, 0.717) is 22.5 Å². The molecule has 1 aliphatic rings. The highest BCUT2D eigenvalue weighted by molar-refractivity contribution is 6.30. The zero-order chi connectivity index (χ0) is 26.5. The number of carbonyl (C=O) groups excluding carboxylic acids is 2. The third kappa shape index (κ3) is 4.57. The lowest BCUT2D eigenvalue weighted by molar-refractivity contribution is -0.144. The molecule has 0 bridgehead atoms. The van der Waals surface area contributed by atoms with E-state index in [-0.39, 0.29) is 37.4 Å². The van der Waals surface area contributed by atoms with Crippen LogP contribution in [0, 0.1) is 6.92 Å². The molecule has 4 aromatic rings. The van der Waals surface area contributed by atoms with E-state index in [1.807, 2.05) is 18.4 Å². The fourth-order valence-electron chi connectivity index (χ4n) is 4.79. The summed E-state index contributed by atoms with van der Waals surface area (Å²) in [5.41, 5.74) is 0.197. The number of benzene rings is 1. The highest BCUT2D eigenvalue weighted by Gasteiger charge is 2.41. The minimum Gasteiger partial charge on any atom is -0.348 e. The lowest BCUT2D eigenvalue weighted by atomic mass is 9.99. The van der Waals surface area contributed by atoms with Gasteiger partial charge >= 0.3 is 0 Å². The van der Waals surface area contributed by atoms with Crippen LogP contribution in [-0.4, -0.2) is 54.6 Å². The molecule has 3 aromatic heterocycles. The van der Waals surface area contributed by atoms with Gasteiger partial charge in [0.25, 0.3) is 11.5 Å². The lowest BCUT2D eigenvalue weighted by Crippen LogP contribution is -2.60. The largest absolute Gasteiger partial charge is 0.348 e. The van der Waals surface area contributed by atoms with Crippen molar-refractivity contribution in [1.29, 1.82) is 0 Å². The molecular formula is C26H26ClFN6O3. The number of hydrogen-bond donors (Lipinski definition) is 1. The number of fused-ring (bicyclic) bond motifs is 3. The zero-order valence-corrected chi connectivity index (χ0v) is 21.5. The maximum atomic E-state index is 14.0. The number of likely N-dealkylation sites (tertiary alicyclic amines) is 1. The predicted molar refractivity (Wildman–Crippen MR) is 138 cm³/mol. The molecule has 1 aliphatic heterocycles. The van der Waals surface area contributed by atoms with E-state index < -0.39 is 23.0 Å². The maximum absolute atomic E-state index is 14.0. The second-order valence-electron chi connectivity index (χ2n) is 9.55. The van der Waals surface area contributed by atoms with Crippen molar-refractivity contribution in [2.75, 3.05) is 13.1 Å². The Morgan fingerprint density at radius 2 is 1.89 bits per heavy atom. The number of hydrogen-bond acceptors (Lipinski definition) is 5. The molecule has 4 heterocycles. The number of amides is 2. The van der Waals surface area contributed by atoms with Crippen LogP contribution in [0.2, 0.25) is 5.02 Å². The summed E-state index contributed by atoms with van der Waals surface area (Å²) in [5, 5.41) is 3.88. The van der Waals surface area contributed by atoms with Crippen molar-refractivity contribution in [3.8, 4) is 0 Å². The average Bonchev–Trinajstić information content (AvgIpc) is 3.18. The predicted octanol–water partition coefficient (Wildman–Crippen LogP) is 3.23. The van der Waals surface area contributed by atoms with Crippen molar-refractivity contribution < 1.29 is 14.0 Å². The third-order valence-electron chi connectivity index (χ3n) is 6.62. The van der Waals surface area contributed by atoms with Gasteiger partial charge in [-0.3, -0.25) is 19.0 Å². The molecule has 1 aromatic carbocycles. The van der Waals surface area contributed by atoms with Gasteiger partial charge in [0, 0.05) is 23.5 Å². The summed E-state index contributed by atoms with van der Waals surface area (Å²) in [6, 6.07) is 8.50. The van der Waals surface area contributed by atoms with Crippen LogP contribution in [-0.2, 0) is 24.4 Å². The Kier molecular flexibility index (Phi) is 6.23. The Labute approximate surface area is 216 Å². The molecule has 9 nitrogen and oxygen atoms in total. The summed E-state index contributed by atoms with van der Waals surface area (Å²) in [7, 11) is 0. The van der Waals surface area contributed by atoms with Crippen LogP contribution in [0.4, 0.5) is 4.39 Å². The molecule has 0 saturated carbocycles. The Hall–Kier alpha value is -3.79. The molecule has 11 heteroatoms. The molecule has 0 radical (unpaired) electrons. The third-order valence-corrected chi connectivity index (χ3v) is 6.88. The highest BCUT2D eigenvalue weighted by atomic mass is 35.5. The van der Waals surface area contributed by atoms with Crippen molar-refractivity contribution in [2.45, 2.75) is 46.1 Å². The van der Waals surface area contributed by atoms with E-state index in [0.717, 1.165) is 16.9 Å². The summed E-state index contributed by atoms with van der Waals surface area (Å²) < 4.78 is 17.2. The monoisotopic (exact) mass is 524 g/mol. The summed E-state index contributed by atoms with van der Waals surface area (Å²) in [4.78, 5) is 50.1. The molecular weight excluding hydrogens is 499 g/mol. The van der Waals surface area contributed by atoms with Crippen LogP contribution >= 0.6 is 11.6 Å². The van der Waals surface area contributed by atoms with Gasteiger partial charge in [-0.05, 0) is 44.5 Å². The summed E-state index contributed by atoms with van der Waals surface area (Å²) in [6.07, 6.45) is 1.56. The van der Waals surface area contributed by atoms with Crippen LogP contribution in [0.1, 0.15) is 35.6 Å². The Morgan fingerprint density at radius 1 is 1.19 bits per heavy atom. The molecule has 1 N–H and O–H groups in total. The number of rotatable bonds is 6. The second kappa shape index (κ2) is 9.26. The van der Waals surface area contributed by atoms with Gasteiger partial charge in [0.1, 0.15) is 34.8 Å². The van der Waals surface area contributed by atoms with Crippen LogP contribution in [0.25, 0.3) is 22.1 Å². The van der Waals surface area contributed by atoms with Gasteiger partial charge < -0.3 is 14.8 Å². The molecule has 0 unspecified atom stereocenters. The highest BCUT2D eigenvalue weighted by Crippen LogP contribution is 2.27. The van der Waals surface area contributed by atoms with Crippen molar-refractivity contribution in [3.63, 3.8) is 0 Å². The van der Waals surface area contributed by atoms with Gasteiger partial charge in [0.15, 0.2) is 0 Å². The number of aryl methyl sites for hydroxylation is 2. The number of nitrogens with one attached hydrogen (secondary N) is 1. The van der Waals surface area contributed by atoms with E-state index in [1.165, 1.54) is 22.5 Å². The summed E-state index contributed by atoms with van der Waals surface area (Å²) >= 11 is 5.94. The van der Waals surface area contributed by atoms with E-state index >= 15 is 0 Å². The van der Waals surface area contributed by atoms with Crippen molar-refractivity contribution in [2.24, 2.45) is 0 Å². The molecule has 37 heavy (non-hydrogen) atoms. The summed E-state index contributed by atoms with van der Waals surface area (Å²) in [6.45, 7) is 5.62. The van der Waals surface area contributed by atoms with Crippen LogP contribution in [0.15, 0.2) is 41.3 Å². The van der Waals surface area contributed by atoms with Crippen molar-refractivity contribution >= 4 is 45.5 Å². The number of nitrogens with zero attached hydrogens (tertiary/aromatic N) is 5. The molecule has 1 saturated heterocycles. The first-order chi connectivity index (χ1) is 17.6. The smallest absolute Gasteiger partial charge is 0.265 e. The first kappa shape index (κ1) is 24.9. The molecule has 0 atom stereocenters. The van der Waals surface area contributed by atoms with E-state index in [4.69, 9.17) is 11.6 Å². The van der Waals surface area contributed by atoms with Crippen molar-refractivity contribution in [1.82, 2.24) is 29.3 Å². The van der Waals surface area contributed by atoms with Gasteiger partial charge in [-0.2, -0.15) is 0 Å². The number of aromatic nitrogens is 4. The topological polar surface area (TPSA) is 102 Å². The molecule has 5 rings (SSSR count). The molecule has 0 aliphatic carbocycles. The molecule has 1 fully saturated rings. The number of imidazole rings is 1. The summed E-state index contributed by atoms with van der Waals surface area (Å²) in [5.74, 6) is -0.240. The maximum Gasteiger partial charge on any atom is 0.265 e. The van der Waals surface area contributed by atoms with Gasteiger partial charge in [0.05, 0.1) is 24.8 Å². The first-order valence-electron chi connectivity index (χ1n) is 12.0. The quantitative estimate of drug-likeness (QED) is 0.417. The van der Waals surface area contributed by atoms with E-state index in [1.54, 1.807) is 30.5 Å². The number of halogens is 2. The molecule has 2 amide bonds. The number of pyridine rings is 2. The van der Waals surface area contributed by atoms with Crippen LogP contribution in [0.3, 0.4) is 0 Å². The Balaban J connectivity index is 1.60. The number of carbonyl (C=O) groups is 2. The number of alkyl halides is 1. The fourth-order valence-corrected chi connectivity index (χ4v) is 4.92. The van der Waals surface area contributed by atoms with Gasteiger partial charge in [-0.1, -0.05) is 23.7 Å². The normalized spacial score (nSPS) is 14.7. The molecule has 0 spiro atoms. The fraction of sp³-hybridized carbons (Fsp3) is 0.346. The van der Waals surface area contributed by atoms with E-state index in [9.17, 15) is 18.8 Å².